The van der Waals surface area contributed by atoms with Crippen molar-refractivity contribution in [3.05, 3.63) is 86.8 Å². The molecule has 1 aromatic heterocycles. The van der Waals surface area contributed by atoms with Gasteiger partial charge < -0.3 is 14.5 Å². The molecule has 0 atom stereocenters. The monoisotopic (exact) mass is 453 g/mol. The van der Waals surface area contributed by atoms with E-state index in [1.165, 1.54) is 13.0 Å². The quantitative estimate of drug-likeness (QED) is 0.436. The fourth-order valence-electron chi connectivity index (χ4n) is 3.06. The Morgan fingerprint density at radius 3 is 2.41 bits per heavy atom. The van der Waals surface area contributed by atoms with E-state index in [9.17, 15) is 31.5 Å². The summed E-state index contributed by atoms with van der Waals surface area (Å²) in [7, 11) is 1.02. The molecule has 0 saturated heterocycles. The fraction of sp³-hybridized carbons (Fsp3) is 0.182. The first kappa shape index (κ1) is 23.0. The number of methoxy groups -OCH3 is 1. The average molecular weight is 453 g/mol. The number of rotatable bonds is 5. The number of aryl methyl sites for hydroxylation is 1. The van der Waals surface area contributed by atoms with Gasteiger partial charge in [0.2, 0.25) is 0 Å². The molecule has 0 bridgehead atoms. The van der Waals surface area contributed by atoms with Gasteiger partial charge in [-0.05, 0) is 31.2 Å². The molecule has 168 valence electrons. The molecule has 1 N–H and O–H groups in total. The molecule has 0 amide bonds. The maximum absolute atomic E-state index is 13.9. The molecular formula is C22H16F5NO4. The highest BCUT2D eigenvalue weighted by Crippen LogP contribution is 2.40. The predicted molar refractivity (Wildman–Crippen MR) is 104 cm³/mol. The van der Waals surface area contributed by atoms with Crippen LogP contribution < -0.4 is 10.3 Å². The molecule has 3 rings (SSSR count). The van der Waals surface area contributed by atoms with Gasteiger partial charge in [0.15, 0.2) is 0 Å². The molecule has 10 heteroatoms. The summed E-state index contributed by atoms with van der Waals surface area (Å²) in [6.07, 6.45) is -4.92. The Labute approximate surface area is 178 Å². The van der Waals surface area contributed by atoms with E-state index in [1.54, 1.807) is 0 Å². The Morgan fingerprint density at radius 1 is 1.06 bits per heavy atom. The van der Waals surface area contributed by atoms with Crippen LogP contribution in [-0.2, 0) is 17.5 Å². The second-order valence-electron chi connectivity index (χ2n) is 6.79. The zero-order valence-electron chi connectivity index (χ0n) is 16.8. The van der Waals surface area contributed by atoms with Crippen LogP contribution in [0, 0.1) is 18.6 Å². The van der Waals surface area contributed by atoms with Gasteiger partial charge in [-0.25, -0.2) is 13.6 Å². The molecule has 0 saturated carbocycles. The van der Waals surface area contributed by atoms with E-state index >= 15 is 0 Å². The van der Waals surface area contributed by atoms with E-state index in [-0.39, 0.29) is 22.6 Å². The van der Waals surface area contributed by atoms with Crippen molar-refractivity contribution in [3.8, 4) is 16.9 Å². The van der Waals surface area contributed by atoms with Gasteiger partial charge in [-0.3, -0.25) is 4.79 Å². The fourth-order valence-corrected chi connectivity index (χ4v) is 3.06. The number of benzene rings is 2. The van der Waals surface area contributed by atoms with Crippen molar-refractivity contribution in [3.63, 3.8) is 0 Å². The van der Waals surface area contributed by atoms with Gasteiger partial charge in [-0.15, -0.1) is 0 Å². The number of aromatic amines is 1. The summed E-state index contributed by atoms with van der Waals surface area (Å²) < 4.78 is 78.3. The van der Waals surface area contributed by atoms with Gasteiger partial charge in [0, 0.05) is 29.0 Å². The van der Waals surface area contributed by atoms with Crippen molar-refractivity contribution in [2.45, 2.75) is 19.7 Å². The van der Waals surface area contributed by atoms with Crippen LogP contribution in [-0.4, -0.2) is 18.1 Å². The summed E-state index contributed by atoms with van der Waals surface area (Å²) in [6.45, 7) is 1.02. The van der Waals surface area contributed by atoms with Crippen molar-refractivity contribution in [1.82, 2.24) is 4.98 Å². The van der Waals surface area contributed by atoms with Crippen LogP contribution in [0.2, 0.25) is 0 Å². The van der Waals surface area contributed by atoms with Crippen LogP contribution in [0.5, 0.6) is 5.75 Å². The maximum atomic E-state index is 13.9. The van der Waals surface area contributed by atoms with Crippen LogP contribution in [0.3, 0.4) is 0 Å². The Balaban J connectivity index is 2.14. The molecular weight excluding hydrogens is 437 g/mol. The second-order valence-corrected chi connectivity index (χ2v) is 6.79. The van der Waals surface area contributed by atoms with Crippen molar-refractivity contribution in [2.24, 2.45) is 0 Å². The number of alkyl halides is 3. The number of ether oxygens (including phenoxy) is 2. The van der Waals surface area contributed by atoms with Gasteiger partial charge in [-0.2, -0.15) is 13.2 Å². The highest BCUT2D eigenvalue weighted by atomic mass is 19.4. The van der Waals surface area contributed by atoms with Gasteiger partial charge >= 0.3 is 12.1 Å². The molecule has 5 nitrogen and oxygen atoms in total. The van der Waals surface area contributed by atoms with Crippen LogP contribution in [0.25, 0.3) is 11.1 Å². The summed E-state index contributed by atoms with van der Waals surface area (Å²) in [4.78, 5) is 26.7. The molecule has 32 heavy (non-hydrogen) atoms. The molecule has 0 radical (unpaired) electrons. The van der Waals surface area contributed by atoms with E-state index in [1.807, 2.05) is 0 Å². The lowest BCUT2D eigenvalue weighted by Crippen LogP contribution is -2.17. The molecule has 0 aliphatic heterocycles. The summed E-state index contributed by atoms with van der Waals surface area (Å²) in [5.74, 6) is -2.94. The Morgan fingerprint density at radius 2 is 1.78 bits per heavy atom. The minimum absolute atomic E-state index is 0.0626. The predicted octanol–water partition coefficient (Wildman–Crippen LogP) is 5.01. The smallest absolute Gasteiger partial charge is 0.417 e. The first-order valence-electron chi connectivity index (χ1n) is 9.12. The maximum Gasteiger partial charge on any atom is 0.417 e. The Bertz CT molecular complexity index is 1230. The number of carbonyl (C=O) groups is 1. The zero-order valence-corrected chi connectivity index (χ0v) is 16.8. The van der Waals surface area contributed by atoms with E-state index in [0.29, 0.717) is 12.1 Å². The first-order valence-corrected chi connectivity index (χ1v) is 9.12. The SMILES string of the molecule is COC(=O)c1ccc(-c2c(OCc3ccc(F)cc3F)cc(C)[nH]c2=O)c(C(F)(F)F)c1. The molecule has 3 aromatic rings. The molecule has 1 heterocycles. The highest BCUT2D eigenvalue weighted by Gasteiger charge is 2.36. The van der Waals surface area contributed by atoms with E-state index in [4.69, 9.17) is 4.74 Å². The number of nitrogens with one attached hydrogen (secondary N) is 1. The molecule has 0 aliphatic rings. The van der Waals surface area contributed by atoms with Gasteiger partial charge in [0.05, 0.1) is 23.8 Å². The Kier molecular flexibility index (Phi) is 6.33. The van der Waals surface area contributed by atoms with Gasteiger partial charge in [0.1, 0.15) is 24.0 Å². The summed E-state index contributed by atoms with van der Waals surface area (Å²) in [6, 6.07) is 6.65. The lowest BCUT2D eigenvalue weighted by molar-refractivity contribution is -0.137. The Hall–Kier alpha value is -3.69. The van der Waals surface area contributed by atoms with Gasteiger partial charge in [0.25, 0.3) is 5.56 Å². The molecule has 0 spiro atoms. The normalized spacial score (nSPS) is 11.3. The van der Waals surface area contributed by atoms with Crippen LogP contribution >= 0.6 is 0 Å². The number of hydrogen-bond acceptors (Lipinski definition) is 4. The second kappa shape index (κ2) is 8.81. The summed E-state index contributed by atoms with van der Waals surface area (Å²) >= 11 is 0. The van der Waals surface area contributed by atoms with Gasteiger partial charge in [-0.1, -0.05) is 6.07 Å². The highest BCUT2D eigenvalue weighted by molar-refractivity contribution is 5.91. The third-order valence-corrected chi connectivity index (χ3v) is 4.55. The van der Waals surface area contributed by atoms with E-state index < -0.39 is 52.6 Å². The lowest BCUT2D eigenvalue weighted by atomic mass is 9.97. The molecule has 2 aromatic carbocycles. The summed E-state index contributed by atoms with van der Waals surface area (Å²) in [5, 5.41) is 0. The minimum Gasteiger partial charge on any atom is -0.488 e. The van der Waals surface area contributed by atoms with Crippen molar-refractivity contribution in [2.75, 3.05) is 7.11 Å². The van der Waals surface area contributed by atoms with Crippen molar-refractivity contribution < 1.29 is 36.2 Å². The van der Waals surface area contributed by atoms with E-state index in [0.717, 1.165) is 31.4 Å². The number of carbonyl (C=O) groups excluding carboxylic acids is 1. The minimum atomic E-state index is -4.92. The molecule has 0 unspecified atom stereocenters. The third kappa shape index (κ3) is 4.79. The van der Waals surface area contributed by atoms with Crippen LogP contribution in [0.4, 0.5) is 22.0 Å². The number of pyridine rings is 1. The molecule has 0 fully saturated rings. The molecule has 0 aliphatic carbocycles. The number of H-pyrrole nitrogens is 1. The van der Waals surface area contributed by atoms with Crippen LogP contribution in [0.1, 0.15) is 27.2 Å². The third-order valence-electron chi connectivity index (χ3n) is 4.55. The van der Waals surface area contributed by atoms with Crippen molar-refractivity contribution in [1.29, 1.82) is 0 Å². The lowest BCUT2D eigenvalue weighted by Gasteiger charge is -2.17. The van der Waals surface area contributed by atoms with E-state index in [2.05, 4.69) is 9.72 Å². The first-order chi connectivity index (χ1) is 15.0. The number of aromatic nitrogens is 1. The topological polar surface area (TPSA) is 68.4 Å². The number of halogens is 5. The largest absolute Gasteiger partial charge is 0.488 e. The standard InChI is InChI=1S/C22H16F5NO4/c1-11-7-18(32-10-13-3-5-14(23)9-17(13)24)19(20(29)28-11)15-6-4-12(21(30)31-2)8-16(15)22(25,26)27/h3-9H,10H2,1-2H3,(H,28,29). The average Bonchev–Trinajstić information content (AvgIpc) is 2.71. The van der Waals surface area contributed by atoms with Crippen molar-refractivity contribution >= 4 is 5.97 Å². The number of esters is 1. The number of hydrogen-bond donors (Lipinski definition) is 1. The summed E-state index contributed by atoms with van der Waals surface area (Å²) in [5.41, 5.74) is -3.27. The van der Waals surface area contributed by atoms with Crippen LogP contribution in [0.15, 0.2) is 47.3 Å². The zero-order chi connectivity index (χ0) is 23.6.